The molecule has 10 heteroatoms. The number of nitrogens with zero attached hydrogens (tertiary/aromatic N) is 2. The van der Waals surface area contributed by atoms with Gasteiger partial charge in [-0.2, -0.15) is 9.41 Å². The molecular formula is C31H30ClN3O5S. The number of hydrazone groups is 1. The summed E-state index contributed by atoms with van der Waals surface area (Å²) in [6, 6.07) is 28.3. The summed E-state index contributed by atoms with van der Waals surface area (Å²) in [4.78, 5) is 12.9. The molecule has 0 atom stereocenters. The van der Waals surface area contributed by atoms with Crippen LogP contribution in [0.2, 0.25) is 5.02 Å². The van der Waals surface area contributed by atoms with E-state index in [0.29, 0.717) is 28.7 Å². The monoisotopic (exact) mass is 591 g/mol. The van der Waals surface area contributed by atoms with Crippen LogP contribution in [-0.4, -0.2) is 38.5 Å². The highest BCUT2D eigenvalue weighted by Gasteiger charge is 2.27. The fraction of sp³-hybridized carbons (Fsp3) is 0.161. The molecule has 0 bridgehead atoms. The van der Waals surface area contributed by atoms with E-state index in [1.165, 1.54) is 37.6 Å². The van der Waals surface area contributed by atoms with Gasteiger partial charge in [-0.15, -0.1) is 0 Å². The average Bonchev–Trinajstić information content (AvgIpc) is 2.98. The molecule has 0 unspecified atom stereocenters. The third-order valence-electron chi connectivity index (χ3n) is 6.08. The fourth-order valence-corrected chi connectivity index (χ4v) is 5.38. The van der Waals surface area contributed by atoms with Crippen LogP contribution >= 0.6 is 11.6 Å². The van der Waals surface area contributed by atoms with E-state index in [2.05, 4.69) is 10.5 Å². The fourth-order valence-electron chi connectivity index (χ4n) is 3.87. The largest absolute Gasteiger partial charge is 0.493 e. The van der Waals surface area contributed by atoms with Crippen LogP contribution in [0.4, 0.5) is 0 Å². The number of carbonyl (C=O) groups excluding carboxylic acids is 1. The van der Waals surface area contributed by atoms with E-state index in [1.807, 2.05) is 61.5 Å². The number of aryl methyl sites for hydroxylation is 1. The Kier molecular flexibility index (Phi) is 10.1. The van der Waals surface area contributed by atoms with Gasteiger partial charge in [0.2, 0.25) is 10.0 Å². The Hall–Kier alpha value is -4.18. The lowest BCUT2D eigenvalue weighted by atomic mass is 10.1. The Morgan fingerprint density at radius 1 is 0.927 bits per heavy atom. The predicted molar refractivity (Wildman–Crippen MR) is 160 cm³/mol. The predicted octanol–water partition coefficient (Wildman–Crippen LogP) is 5.58. The van der Waals surface area contributed by atoms with Crippen molar-refractivity contribution in [2.24, 2.45) is 5.10 Å². The number of halogens is 1. The third-order valence-corrected chi connectivity index (χ3v) is 8.14. The number of nitrogens with one attached hydrogen (secondary N) is 1. The molecule has 212 valence electrons. The zero-order valence-corrected chi connectivity index (χ0v) is 24.2. The van der Waals surface area contributed by atoms with Gasteiger partial charge in [0, 0.05) is 11.6 Å². The van der Waals surface area contributed by atoms with Crippen molar-refractivity contribution in [2.45, 2.75) is 25.0 Å². The van der Waals surface area contributed by atoms with Crippen LogP contribution < -0.4 is 14.9 Å². The first kappa shape index (κ1) is 29.8. The quantitative estimate of drug-likeness (QED) is 0.171. The number of rotatable bonds is 12. The number of sulfonamides is 1. The number of hydrogen-bond acceptors (Lipinski definition) is 6. The molecule has 8 nitrogen and oxygen atoms in total. The van der Waals surface area contributed by atoms with Crippen molar-refractivity contribution in [2.75, 3.05) is 13.7 Å². The summed E-state index contributed by atoms with van der Waals surface area (Å²) in [5.74, 6) is 0.479. The minimum atomic E-state index is -4.01. The van der Waals surface area contributed by atoms with Crippen molar-refractivity contribution in [1.29, 1.82) is 0 Å². The lowest BCUT2D eigenvalue weighted by Crippen LogP contribution is -2.39. The Balaban J connectivity index is 1.43. The maximum atomic E-state index is 13.4. The van der Waals surface area contributed by atoms with Crippen LogP contribution in [0, 0.1) is 6.92 Å². The summed E-state index contributed by atoms with van der Waals surface area (Å²) >= 11 is 5.94. The van der Waals surface area contributed by atoms with Crippen LogP contribution in [-0.2, 0) is 28.0 Å². The van der Waals surface area contributed by atoms with Gasteiger partial charge >= 0.3 is 0 Å². The van der Waals surface area contributed by atoms with E-state index >= 15 is 0 Å². The average molecular weight is 592 g/mol. The first-order valence-corrected chi connectivity index (χ1v) is 14.5. The summed E-state index contributed by atoms with van der Waals surface area (Å²) in [5.41, 5.74) is 5.88. The molecule has 0 aromatic heterocycles. The Labute approximate surface area is 245 Å². The molecule has 0 spiro atoms. The number of amides is 1. The maximum absolute atomic E-state index is 13.4. The molecule has 4 aromatic rings. The van der Waals surface area contributed by atoms with Gasteiger partial charge in [0.25, 0.3) is 5.91 Å². The second-order valence-corrected chi connectivity index (χ2v) is 11.6. The number of carbonyl (C=O) groups is 1. The highest BCUT2D eigenvalue weighted by atomic mass is 35.5. The van der Waals surface area contributed by atoms with Crippen LogP contribution in [0.5, 0.6) is 11.5 Å². The summed E-state index contributed by atoms with van der Waals surface area (Å²) < 4.78 is 39.3. The zero-order valence-electron chi connectivity index (χ0n) is 22.7. The summed E-state index contributed by atoms with van der Waals surface area (Å²) in [6.45, 7) is 1.90. The van der Waals surface area contributed by atoms with Crippen molar-refractivity contribution in [3.63, 3.8) is 0 Å². The molecule has 4 aromatic carbocycles. The Morgan fingerprint density at radius 3 is 2.32 bits per heavy atom. The lowest BCUT2D eigenvalue weighted by Gasteiger charge is -2.21. The SMILES string of the molecule is COc1cc(/C=N\NC(=O)CN(Cc2ccc(C)cc2)S(=O)(=O)c2ccc(Cl)cc2)ccc1OCc1ccccc1. The number of benzene rings is 4. The Morgan fingerprint density at radius 2 is 1.63 bits per heavy atom. The molecule has 0 saturated heterocycles. The molecule has 0 heterocycles. The molecule has 4 rings (SSSR count). The molecule has 1 N–H and O–H groups in total. The minimum absolute atomic E-state index is 0.00398. The molecule has 0 radical (unpaired) electrons. The highest BCUT2D eigenvalue weighted by Crippen LogP contribution is 2.28. The van der Waals surface area contributed by atoms with Crippen LogP contribution in [0.15, 0.2) is 107 Å². The van der Waals surface area contributed by atoms with E-state index in [9.17, 15) is 13.2 Å². The second-order valence-electron chi connectivity index (χ2n) is 9.19. The van der Waals surface area contributed by atoms with Crippen molar-refractivity contribution in [1.82, 2.24) is 9.73 Å². The summed E-state index contributed by atoms with van der Waals surface area (Å²) in [6.07, 6.45) is 1.44. The lowest BCUT2D eigenvalue weighted by molar-refractivity contribution is -0.121. The van der Waals surface area contributed by atoms with Crippen molar-refractivity contribution >= 4 is 33.7 Å². The number of methoxy groups -OCH3 is 1. The standard InChI is InChI=1S/C31H30ClN3O5S/c1-23-8-10-24(11-9-23)20-35(41(37,38)28-15-13-27(32)14-16-28)21-31(36)34-33-19-26-12-17-29(30(18-26)39-2)40-22-25-6-4-3-5-7-25/h3-19H,20-22H2,1-2H3,(H,34,36)/b33-19-. The van der Waals surface area contributed by atoms with E-state index in [4.69, 9.17) is 21.1 Å². The topological polar surface area (TPSA) is 97.3 Å². The molecular weight excluding hydrogens is 562 g/mol. The molecule has 0 aliphatic heterocycles. The van der Waals surface area contributed by atoms with Gasteiger partial charge in [0.15, 0.2) is 11.5 Å². The van der Waals surface area contributed by atoms with Gasteiger partial charge in [-0.25, -0.2) is 13.8 Å². The number of ether oxygens (including phenoxy) is 2. The smallest absolute Gasteiger partial charge is 0.255 e. The first-order valence-electron chi connectivity index (χ1n) is 12.7. The highest BCUT2D eigenvalue weighted by molar-refractivity contribution is 7.89. The van der Waals surface area contributed by atoms with Crippen LogP contribution in [0.3, 0.4) is 0 Å². The van der Waals surface area contributed by atoms with Gasteiger partial charge in [0.1, 0.15) is 6.61 Å². The van der Waals surface area contributed by atoms with Crippen molar-refractivity contribution < 1.29 is 22.7 Å². The van der Waals surface area contributed by atoms with Gasteiger partial charge in [-0.3, -0.25) is 4.79 Å². The summed E-state index contributed by atoms with van der Waals surface area (Å²) in [7, 11) is -2.47. The van der Waals surface area contributed by atoms with E-state index < -0.39 is 22.5 Å². The molecule has 0 aliphatic rings. The number of hydrogen-bond donors (Lipinski definition) is 1. The molecule has 0 fully saturated rings. The van der Waals surface area contributed by atoms with Gasteiger partial charge in [-0.1, -0.05) is 71.8 Å². The zero-order chi connectivity index (χ0) is 29.2. The summed E-state index contributed by atoms with van der Waals surface area (Å²) in [5, 5.41) is 4.43. The third kappa shape index (κ3) is 8.40. The van der Waals surface area contributed by atoms with E-state index in [1.54, 1.807) is 18.2 Å². The molecule has 1 amide bonds. The van der Waals surface area contributed by atoms with Crippen molar-refractivity contribution in [3.8, 4) is 11.5 Å². The first-order chi connectivity index (χ1) is 19.7. The van der Waals surface area contributed by atoms with Crippen molar-refractivity contribution in [3.05, 3.63) is 124 Å². The van der Waals surface area contributed by atoms with Gasteiger partial charge < -0.3 is 9.47 Å². The van der Waals surface area contributed by atoms with Gasteiger partial charge in [0.05, 0.1) is 24.8 Å². The van der Waals surface area contributed by atoms with E-state index in [0.717, 1.165) is 21.0 Å². The molecule has 41 heavy (non-hydrogen) atoms. The Bertz CT molecular complexity index is 1590. The van der Waals surface area contributed by atoms with Gasteiger partial charge in [-0.05, 0) is 66.1 Å². The second kappa shape index (κ2) is 13.9. The van der Waals surface area contributed by atoms with Crippen LogP contribution in [0.25, 0.3) is 0 Å². The maximum Gasteiger partial charge on any atom is 0.255 e. The van der Waals surface area contributed by atoms with Crippen LogP contribution in [0.1, 0.15) is 22.3 Å². The normalized spacial score (nSPS) is 11.5. The van der Waals surface area contributed by atoms with E-state index in [-0.39, 0.29) is 11.4 Å². The minimum Gasteiger partial charge on any atom is -0.493 e. The molecule has 0 aliphatic carbocycles. The molecule has 0 saturated carbocycles.